The van der Waals surface area contributed by atoms with Crippen molar-refractivity contribution in [1.82, 2.24) is 0 Å². The van der Waals surface area contributed by atoms with Gasteiger partial charge in [0.25, 0.3) is 0 Å². The van der Waals surface area contributed by atoms with E-state index in [-0.39, 0.29) is 5.41 Å². The average Bonchev–Trinajstić information content (AvgIpc) is 1.79. The molecule has 1 nitrogen and oxygen atoms in total. The summed E-state index contributed by atoms with van der Waals surface area (Å²) in [5.74, 6) is 0. The molecule has 67 valence electrons. The Kier molecular flexibility index (Phi) is 4.33. The van der Waals surface area contributed by atoms with Gasteiger partial charge in [-0.05, 0) is 24.9 Å². The maximum Gasteiger partial charge on any atom is 0.171 e. The van der Waals surface area contributed by atoms with Crippen LogP contribution in [0.2, 0.25) is 13.1 Å². The van der Waals surface area contributed by atoms with Crippen molar-refractivity contribution >= 4 is 9.04 Å². The van der Waals surface area contributed by atoms with Crippen LogP contribution >= 0.6 is 0 Å². The molecule has 0 bridgehead atoms. The van der Waals surface area contributed by atoms with Gasteiger partial charge < -0.3 is 4.43 Å². The van der Waals surface area contributed by atoms with E-state index in [9.17, 15) is 0 Å². The van der Waals surface area contributed by atoms with Gasteiger partial charge in [-0.1, -0.05) is 27.7 Å². The third kappa shape index (κ3) is 4.59. The van der Waals surface area contributed by atoms with E-state index in [1.54, 1.807) is 0 Å². The minimum Gasteiger partial charge on any atom is -0.412 e. The monoisotopic (exact) mass is 173 g/mol. The van der Waals surface area contributed by atoms with E-state index in [4.69, 9.17) is 4.43 Å². The van der Waals surface area contributed by atoms with Crippen LogP contribution in [0.5, 0.6) is 0 Å². The van der Waals surface area contributed by atoms with Crippen molar-refractivity contribution in [2.75, 3.05) is 0 Å². The fraction of sp³-hybridized carbons (Fsp3) is 0.889. The van der Waals surface area contributed by atoms with Gasteiger partial charge in [0.15, 0.2) is 9.04 Å². The van der Waals surface area contributed by atoms with E-state index >= 15 is 0 Å². The van der Waals surface area contributed by atoms with Gasteiger partial charge in [-0.2, -0.15) is 0 Å². The summed E-state index contributed by atoms with van der Waals surface area (Å²) in [7, 11) is -0.883. The Bertz CT molecular complexity index is 105. The first-order valence-electron chi connectivity index (χ1n) is 4.41. The van der Waals surface area contributed by atoms with Crippen LogP contribution in [0, 0.1) is 11.5 Å². The molecule has 0 amide bonds. The minimum atomic E-state index is -0.883. The number of hydrogen-bond donors (Lipinski definition) is 0. The summed E-state index contributed by atoms with van der Waals surface area (Å²) >= 11 is 0. The van der Waals surface area contributed by atoms with Crippen LogP contribution in [0.3, 0.4) is 0 Å². The Morgan fingerprint density at radius 1 is 1.27 bits per heavy atom. The van der Waals surface area contributed by atoms with Crippen molar-refractivity contribution in [2.24, 2.45) is 5.41 Å². The van der Waals surface area contributed by atoms with Gasteiger partial charge in [-0.25, -0.2) is 0 Å². The summed E-state index contributed by atoms with van der Waals surface area (Å²) in [6.45, 7) is 13.2. The molecule has 0 aliphatic rings. The highest BCUT2D eigenvalue weighted by molar-refractivity contribution is 6.48. The molecule has 0 fully saturated rings. The van der Waals surface area contributed by atoms with E-state index in [0.29, 0.717) is 0 Å². The molecular weight excluding hydrogens is 152 g/mol. The van der Waals surface area contributed by atoms with E-state index < -0.39 is 9.04 Å². The number of hydrogen-bond acceptors (Lipinski definition) is 1. The Morgan fingerprint density at radius 3 is 1.82 bits per heavy atom. The molecule has 2 heteroatoms. The standard InChI is InChI=1S/C9H21OSi/c1-7-8(9(2,3)4)10-11(5)6/h11H,7H2,1-6H3. The molecular formula is C9H21OSi. The van der Waals surface area contributed by atoms with Crippen molar-refractivity contribution < 1.29 is 4.43 Å². The maximum absolute atomic E-state index is 5.82. The molecule has 0 aliphatic carbocycles. The summed E-state index contributed by atoms with van der Waals surface area (Å²) in [5, 5.41) is 0. The van der Waals surface area contributed by atoms with E-state index in [0.717, 1.165) is 6.42 Å². The van der Waals surface area contributed by atoms with Crippen molar-refractivity contribution in [1.29, 1.82) is 0 Å². The summed E-state index contributed by atoms with van der Waals surface area (Å²) < 4.78 is 5.82. The lowest BCUT2D eigenvalue weighted by Crippen LogP contribution is -2.25. The quantitative estimate of drug-likeness (QED) is 0.596. The molecule has 0 saturated carbocycles. The van der Waals surface area contributed by atoms with Gasteiger partial charge in [-0.3, -0.25) is 0 Å². The van der Waals surface area contributed by atoms with Crippen LogP contribution in [0.15, 0.2) is 0 Å². The van der Waals surface area contributed by atoms with Crippen LogP contribution in [-0.2, 0) is 4.43 Å². The smallest absolute Gasteiger partial charge is 0.171 e. The van der Waals surface area contributed by atoms with Crippen molar-refractivity contribution in [3.05, 3.63) is 6.10 Å². The van der Waals surface area contributed by atoms with Gasteiger partial charge in [0.05, 0.1) is 6.10 Å². The zero-order valence-electron chi connectivity index (χ0n) is 8.69. The van der Waals surface area contributed by atoms with Crippen LogP contribution < -0.4 is 0 Å². The van der Waals surface area contributed by atoms with Crippen LogP contribution in [0.4, 0.5) is 0 Å². The lowest BCUT2D eigenvalue weighted by molar-refractivity contribution is 0.192. The van der Waals surface area contributed by atoms with Gasteiger partial charge in [-0.15, -0.1) is 0 Å². The predicted molar refractivity (Wildman–Crippen MR) is 53.0 cm³/mol. The molecule has 11 heavy (non-hydrogen) atoms. The normalized spacial score (nSPS) is 13.1. The lowest BCUT2D eigenvalue weighted by atomic mass is 9.88. The first-order chi connectivity index (χ1) is 4.88. The third-order valence-electron chi connectivity index (χ3n) is 1.54. The molecule has 0 aromatic carbocycles. The van der Waals surface area contributed by atoms with Crippen molar-refractivity contribution in [3.63, 3.8) is 0 Å². The zero-order valence-corrected chi connectivity index (χ0v) is 9.85. The van der Waals surface area contributed by atoms with Gasteiger partial charge in [0.1, 0.15) is 0 Å². The van der Waals surface area contributed by atoms with E-state index in [1.165, 1.54) is 6.10 Å². The average molecular weight is 173 g/mol. The maximum atomic E-state index is 5.82. The Hall–Kier alpha value is 0.177. The molecule has 0 atom stereocenters. The van der Waals surface area contributed by atoms with Crippen LogP contribution in [-0.4, -0.2) is 9.04 Å². The van der Waals surface area contributed by atoms with E-state index in [1.807, 2.05) is 0 Å². The molecule has 0 unspecified atom stereocenters. The second-order valence-electron chi connectivity index (χ2n) is 4.19. The Balaban J connectivity index is 3.96. The summed E-state index contributed by atoms with van der Waals surface area (Å²) in [6, 6.07) is 0. The molecule has 0 aliphatic heterocycles. The summed E-state index contributed by atoms with van der Waals surface area (Å²) in [4.78, 5) is 0. The fourth-order valence-corrected chi connectivity index (χ4v) is 2.16. The summed E-state index contributed by atoms with van der Waals surface area (Å²) in [6.07, 6.45) is 2.31. The molecule has 0 N–H and O–H groups in total. The van der Waals surface area contributed by atoms with Crippen molar-refractivity contribution in [2.45, 2.75) is 47.2 Å². The lowest BCUT2D eigenvalue weighted by Gasteiger charge is -2.30. The molecule has 1 radical (unpaired) electrons. The topological polar surface area (TPSA) is 9.23 Å². The van der Waals surface area contributed by atoms with Gasteiger partial charge >= 0.3 is 0 Å². The highest BCUT2D eigenvalue weighted by Crippen LogP contribution is 2.31. The first kappa shape index (κ1) is 11.2. The SMILES string of the molecule is CC[C](O[SiH](C)C)C(C)(C)C. The highest BCUT2D eigenvalue weighted by atomic mass is 28.3. The Labute approximate surface area is 72.9 Å². The molecule has 0 aromatic heterocycles. The third-order valence-corrected chi connectivity index (χ3v) is 2.29. The van der Waals surface area contributed by atoms with Crippen molar-refractivity contribution in [3.8, 4) is 0 Å². The van der Waals surface area contributed by atoms with Crippen LogP contribution in [0.25, 0.3) is 0 Å². The molecule has 0 heterocycles. The predicted octanol–water partition coefficient (Wildman–Crippen LogP) is 2.97. The number of rotatable bonds is 3. The second-order valence-corrected chi connectivity index (χ2v) is 6.53. The zero-order chi connectivity index (χ0) is 9.07. The van der Waals surface area contributed by atoms with Crippen LogP contribution in [0.1, 0.15) is 34.1 Å². The minimum absolute atomic E-state index is 0.228. The first-order valence-corrected chi connectivity index (χ1v) is 7.19. The highest BCUT2D eigenvalue weighted by Gasteiger charge is 2.25. The largest absolute Gasteiger partial charge is 0.412 e. The van der Waals surface area contributed by atoms with Gasteiger partial charge in [0, 0.05) is 0 Å². The second kappa shape index (κ2) is 4.26. The molecule has 0 saturated heterocycles. The molecule has 0 spiro atoms. The molecule has 0 rings (SSSR count). The van der Waals surface area contributed by atoms with E-state index in [2.05, 4.69) is 40.8 Å². The summed E-state index contributed by atoms with van der Waals surface area (Å²) in [5.41, 5.74) is 0.228. The molecule has 0 aromatic rings. The fourth-order valence-electron chi connectivity index (χ4n) is 1.07. The Morgan fingerprint density at radius 2 is 1.73 bits per heavy atom. The van der Waals surface area contributed by atoms with Gasteiger partial charge in [0.2, 0.25) is 0 Å².